The molecule has 21 heavy (non-hydrogen) atoms. The van der Waals surface area contributed by atoms with Gasteiger partial charge in [-0.25, -0.2) is 0 Å². The van der Waals surface area contributed by atoms with E-state index >= 15 is 0 Å². The van der Waals surface area contributed by atoms with Gasteiger partial charge in [0.25, 0.3) is 0 Å². The maximum absolute atomic E-state index is 6.22. The molecule has 0 aromatic heterocycles. The van der Waals surface area contributed by atoms with E-state index in [4.69, 9.17) is 32.7 Å². The van der Waals surface area contributed by atoms with Crippen LogP contribution in [0, 0.1) is 6.92 Å². The average molecular weight is 390 g/mol. The molecular formula is C16H15BrCl2O2. The SMILES string of the molecule is COc1cc(CCl)cc(Br)c1OCc1ccc(C)cc1Cl. The molecule has 0 radical (unpaired) electrons. The van der Waals surface area contributed by atoms with E-state index in [1.54, 1.807) is 7.11 Å². The third-order valence-corrected chi connectivity index (χ3v) is 4.27. The summed E-state index contributed by atoms with van der Waals surface area (Å²) in [7, 11) is 1.60. The standard InChI is InChI=1S/C16H15BrCl2O2/c1-10-3-4-12(14(19)5-10)9-21-16-13(17)6-11(8-18)7-15(16)20-2/h3-7H,8-9H2,1-2H3. The van der Waals surface area contributed by atoms with E-state index < -0.39 is 0 Å². The molecule has 0 fully saturated rings. The second kappa shape index (κ2) is 7.39. The summed E-state index contributed by atoms with van der Waals surface area (Å²) >= 11 is 15.6. The van der Waals surface area contributed by atoms with E-state index in [9.17, 15) is 0 Å². The highest BCUT2D eigenvalue weighted by molar-refractivity contribution is 9.10. The Bertz CT molecular complexity index is 644. The number of benzene rings is 2. The van der Waals surface area contributed by atoms with Crippen molar-refractivity contribution in [2.24, 2.45) is 0 Å². The number of hydrogen-bond donors (Lipinski definition) is 0. The lowest BCUT2D eigenvalue weighted by molar-refractivity contribution is 0.282. The Hall–Kier alpha value is -0.900. The lowest BCUT2D eigenvalue weighted by Gasteiger charge is -2.14. The summed E-state index contributed by atoms with van der Waals surface area (Å²) in [4.78, 5) is 0. The number of hydrogen-bond acceptors (Lipinski definition) is 2. The lowest BCUT2D eigenvalue weighted by atomic mass is 10.1. The molecule has 5 heteroatoms. The predicted molar refractivity (Wildman–Crippen MR) is 90.8 cm³/mol. The van der Waals surface area contributed by atoms with Gasteiger partial charge in [-0.05, 0) is 52.2 Å². The molecule has 0 unspecified atom stereocenters. The van der Waals surface area contributed by atoms with Crippen molar-refractivity contribution in [3.8, 4) is 11.5 Å². The summed E-state index contributed by atoms with van der Waals surface area (Å²) < 4.78 is 12.0. The Morgan fingerprint density at radius 1 is 1.19 bits per heavy atom. The van der Waals surface area contributed by atoms with Crippen molar-refractivity contribution in [2.75, 3.05) is 7.11 Å². The minimum atomic E-state index is 0.369. The molecule has 0 saturated heterocycles. The minimum absolute atomic E-state index is 0.369. The zero-order valence-electron chi connectivity index (χ0n) is 11.8. The third-order valence-electron chi connectivity index (χ3n) is 3.02. The first-order chi connectivity index (χ1) is 10.0. The largest absolute Gasteiger partial charge is 0.493 e. The normalized spacial score (nSPS) is 10.5. The maximum atomic E-state index is 6.22. The highest BCUT2D eigenvalue weighted by atomic mass is 79.9. The Labute approximate surface area is 143 Å². The molecule has 0 saturated carbocycles. The second-order valence-electron chi connectivity index (χ2n) is 4.63. The van der Waals surface area contributed by atoms with E-state index in [-0.39, 0.29) is 0 Å². The highest BCUT2D eigenvalue weighted by Crippen LogP contribution is 2.37. The van der Waals surface area contributed by atoms with Crippen LogP contribution < -0.4 is 9.47 Å². The van der Waals surface area contributed by atoms with Gasteiger partial charge in [-0.15, -0.1) is 11.6 Å². The zero-order chi connectivity index (χ0) is 15.4. The Morgan fingerprint density at radius 3 is 2.57 bits per heavy atom. The van der Waals surface area contributed by atoms with Gasteiger partial charge in [-0.2, -0.15) is 0 Å². The van der Waals surface area contributed by atoms with Crippen molar-refractivity contribution in [1.29, 1.82) is 0 Å². The molecule has 2 nitrogen and oxygen atoms in total. The molecule has 0 amide bonds. The number of halogens is 3. The van der Waals surface area contributed by atoms with Crippen molar-refractivity contribution in [1.82, 2.24) is 0 Å². The molecule has 0 aliphatic heterocycles. The first kappa shape index (κ1) is 16.5. The van der Waals surface area contributed by atoms with Gasteiger partial charge in [0.2, 0.25) is 0 Å². The zero-order valence-corrected chi connectivity index (χ0v) is 14.8. The van der Waals surface area contributed by atoms with Crippen LogP contribution in [-0.4, -0.2) is 7.11 Å². The summed E-state index contributed by atoms with van der Waals surface area (Å²) in [6, 6.07) is 9.67. The van der Waals surface area contributed by atoms with Crippen molar-refractivity contribution < 1.29 is 9.47 Å². The van der Waals surface area contributed by atoms with Crippen LogP contribution in [0.4, 0.5) is 0 Å². The van der Waals surface area contributed by atoms with E-state index in [1.165, 1.54) is 0 Å². The van der Waals surface area contributed by atoms with Gasteiger partial charge >= 0.3 is 0 Å². The van der Waals surface area contributed by atoms with E-state index in [1.807, 2.05) is 37.3 Å². The number of ether oxygens (including phenoxy) is 2. The van der Waals surface area contributed by atoms with Crippen LogP contribution in [0.2, 0.25) is 5.02 Å². The van der Waals surface area contributed by atoms with Crippen molar-refractivity contribution in [3.05, 3.63) is 56.5 Å². The van der Waals surface area contributed by atoms with Gasteiger partial charge in [0, 0.05) is 16.5 Å². The van der Waals surface area contributed by atoms with Gasteiger partial charge in [-0.3, -0.25) is 0 Å². The summed E-state index contributed by atoms with van der Waals surface area (Å²) in [6.07, 6.45) is 0. The van der Waals surface area contributed by atoms with Crippen molar-refractivity contribution >= 4 is 39.1 Å². The molecule has 0 aliphatic rings. The molecule has 0 spiro atoms. The van der Waals surface area contributed by atoms with E-state index in [2.05, 4.69) is 15.9 Å². The second-order valence-corrected chi connectivity index (χ2v) is 6.15. The number of alkyl halides is 1. The number of aryl methyl sites for hydroxylation is 1. The van der Waals surface area contributed by atoms with Gasteiger partial charge in [0.1, 0.15) is 6.61 Å². The van der Waals surface area contributed by atoms with E-state index in [0.29, 0.717) is 29.0 Å². The average Bonchev–Trinajstić information content (AvgIpc) is 2.46. The molecule has 0 atom stereocenters. The summed E-state index contributed by atoms with van der Waals surface area (Å²) in [5.41, 5.74) is 3.01. The highest BCUT2D eigenvalue weighted by Gasteiger charge is 2.12. The fourth-order valence-corrected chi connectivity index (χ4v) is 2.96. The number of rotatable bonds is 5. The molecule has 0 N–H and O–H groups in total. The first-order valence-electron chi connectivity index (χ1n) is 6.35. The Kier molecular flexibility index (Phi) is 5.80. The smallest absolute Gasteiger partial charge is 0.175 e. The monoisotopic (exact) mass is 388 g/mol. The van der Waals surface area contributed by atoms with Gasteiger partial charge in [0.15, 0.2) is 11.5 Å². The lowest BCUT2D eigenvalue weighted by Crippen LogP contribution is -2.00. The molecular weight excluding hydrogens is 375 g/mol. The van der Waals surface area contributed by atoms with E-state index in [0.717, 1.165) is 21.2 Å². The summed E-state index contributed by atoms with van der Waals surface area (Å²) in [6.45, 7) is 2.37. The van der Waals surface area contributed by atoms with Crippen LogP contribution >= 0.6 is 39.1 Å². The maximum Gasteiger partial charge on any atom is 0.175 e. The summed E-state index contributed by atoms with van der Waals surface area (Å²) in [5, 5.41) is 0.697. The fraction of sp³-hybridized carbons (Fsp3) is 0.250. The van der Waals surface area contributed by atoms with Crippen LogP contribution in [0.1, 0.15) is 16.7 Å². The molecule has 2 aromatic rings. The molecule has 112 valence electrons. The number of methoxy groups -OCH3 is 1. The molecule has 2 rings (SSSR count). The third kappa shape index (κ3) is 4.06. The molecule has 0 bridgehead atoms. The van der Waals surface area contributed by atoms with Crippen LogP contribution in [0.25, 0.3) is 0 Å². The van der Waals surface area contributed by atoms with Crippen molar-refractivity contribution in [2.45, 2.75) is 19.4 Å². The first-order valence-corrected chi connectivity index (χ1v) is 8.06. The van der Waals surface area contributed by atoms with Gasteiger partial charge in [0.05, 0.1) is 11.6 Å². The van der Waals surface area contributed by atoms with Crippen molar-refractivity contribution in [3.63, 3.8) is 0 Å². The Morgan fingerprint density at radius 2 is 1.95 bits per heavy atom. The van der Waals surface area contributed by atoms with Crippen LogP contribution in [0.5, 0.6) is 11.5 Å². The minimum Gasteiger partial charge on any atom is -0.493 e. The fourth-order valence-electron chi connectivity index (χ4n) is 1.91. The molecule has 2 aromatic carbocycles. The molecule has 0 heterocycles. The van der Waals surface area contributed by atoms with Gasteiger partial charge < -0.3 is 9.47 Å². The quantitative estimate of drug-likeness (QED) is 0.607. The Balaban J connectivity index is 2.23. The van der Waals surface area contributed by atoms with Crippen LogP contribution in [0.3, 0.4) is 0 Å². The van der Waals surface area contributed by atoms with Crippen LogP contribution in [-0.2, 0) is 12.5 Å². The molecule has 0 aliphatic carbocycles. The predicted octanol–water partition coefficient (Wildman–Crippen LogP) is 5.74. The topological polar surface area (TPSA) is 18.5 Å². The summed E-state index contributed by atoms with van der Waals surface area (Å²) in [5.74, 6) is 1.70. The van der Waals surface area contributed by atoms with Gasteiger partial charge in [-0.1, -0.05) is 23.7 Å². The van der Waals surface area contributed by atoms with Crippen LogP contribution in [0.15, 0.2) is 34.8 Å².